The first kappa shape index (κ1) is 14.4. The Hall–Kier alpha value is -2.49. The molecule has 2 N–H and O–H groups in total. The van der Waals surface area contributed by atoms with E-state index in [0.29, 0.717) is 12.2 Å². The van der Waals surface area contributed by atoms with Gasteiger partial charge in [-0.25, -0.2) is 0 Å². The number of para-hydroxylation sites is 1. The van der Waals surface area contributed by atoms with Gasteiger partial charge in [-0.2, -0.15) is 0 Å². The van der Waals surface area contributed by atoms with Crippen molar-refractivity contribution in [2.24, 2.45) is 0 Å². The number of carbonyl (C=O) groups is 1. The van der Waals surface area contributed by atoms with Crippen LogP contribution in [0.1, 0.15) is 36.2 Å². The summed E-state index contributed by atoms with van der Waals surface area (Å²) in [5.74, 6) is 0.783. The second-order valence-corrected chi connectivity index (χ2v) is 5.34. The average molecular weight is 296 g/mol. The van der Waals surface area contributed by atoms with E-state index in [1.165, 1.54) is 0 Å². The molecule has 0 radical (unpaired) electrons. The third-order valence-corrected chi connectivity index (χ3v) is 4.04. The van der Waals surface area contributed by atoms with Crippen molar-refractivity contribution in [1.29, 1.82) is 0 Å². The van der Waals surface area contributed by atoms with Crippen LogP contribution in [0.4, 0.5) is 5.69 Å². The van der Waals surface area contributed by atoms with E-state index in [0.717, 1.165) is 23.4 Å². The average Bonchev–Trinajstić information content (AvgIpc) is 2.56. The second-order valence-electron chi connectivity index (χ2n) is 5.34. The molecular formula is C18H20N2O2. The lowest BCUT2D eigenvalue weighted by Gasteiger charge is -2.40. The third kappa shape index (κ3) is 2.41. The molecule has 0 saturated heterocycles. The van der Waals surface area contributed by atoms with E-state index in [-0.39, 0.29) is 5.91 Å². The summed E-state index contributed by atoms with van der Waals surface area (Å²) < 4.78 is 5.48. The van der Waals surface area contributed by atoms with E-state index in [9.17, 15) is 4.79 Å². The maximum absolute atomic E-state index is 12.4. The van der Waals surface area contributed by atoms with Crippen LogP contribution in [-0.4, -0.2) is 12.5 Å². The first-order valence-electron chi connectivity index (χ1n) is 7.61. The summed E-state index contributed by atoms with van der Waals surface area (Å²) in [5.41, 5.74) is 1.97. The van der Waals surface area contributed by atoms with Gasteiger partial charge in [-0.15, -0.1) is 0 Å². The lowest BCUT2D eigenvalue weighted by molar-refractivity contribution is 0.0896. The molecule has 4 nitrogen and oxygen atoms in total. The molecule has 1 unspecified atom stereocenters. The molecule has 1 atom stereocenters. The minimum absolute atomic E-state index is 0.0508. The smallest absolute Gasteiger partial charge is 0.255 e. The van der Waals surface area contributed by atoms with Gasteiger partial charge < -0.3 is 15.4 Å². The minimum Gasteiger partial charge on any atom is -0.494 e. The molecule has 3 rings (SSSR count). The SMILES string of the molecule is CCOc1ccc(C2(CC)NC(=O)c3ccccc3N2)cc1. The van der Waals surface area contributed by atoms with Gasteiger partial charge in [0.05, 0.1) is 12.2 Å². The van der Waals surface area contributed by atoms with Gasteiger partial charge in [-0.3, -0.25) is 4.79 Å². The maximum Gasteiger partial charge on any atom is 0.255 e. The normalized spacial score (nSPS) is 19.8. The lowest BCUT2D eigenvalue weighted by Crippen LogP contribution is -2.54. The Kier molecular flexibility index (Phi) is 3.75. The van der Waals surface area contributed by atoms with Crippen LogP contribution in [0.15, 0.2) is 48.5 Å². The molecule has 0 spiro atoms. The Morgan fingerprint density at radius 1 is 1.00 bits per heavy atom. The highest BCUT2D eigenvalue weighted by molar-refractivity contribution is 6.02. The molecular weight excluding hydrogens is 276 g/mol. The van der Waals surface area contributed by atoms with Crippen LogP contribution in [0.2, 0.25) is 0 Å². The van der Waals surface area contributed by atoms with Gasteiger partial charge in [-0.1, -0.05) is 31.2 Å². The first-order valence-corrected chi connectivity index (χ1v) is 7.61. The zero-order valence-corrected chi connectivity index (χ0v) is 12.8. The molecule has 1 aliphatic rings. The topological polar surface area (TPSA) is 50.4 Å². The van der Waals surface area contributed by atoms with Gasteiger partial charge in [0.2, 0.25) is 0 Å². The van der Waals surface area contributed by atoms with E-state index in [4.69, 9.17) is 4.74 Å². The van der Waals surface area contributed by atoms with Crippen molar-refractivity contribution < 1.29 is 9.53 Å². The van der Waals surface area contributed by atoms with Crippen molar-refractivity contribution >= 4 is 11.6 Å². The predicted molar refractivity (Wildman–Crippen MR) is 87.1 cm³/mol. The van der Waals surface area contributed by atoms with Crippen LogP contribution < -0.4 is 15.4 Å². The number of hydrogen-bond donors (Lipinski definition) is 2. The quantitative estimate of drug-likeness (QED) is 0.908. The summed E-state index contributed by atoms with van der Waals surface area (Å²) in [4.78, 5) is 12.4. The van der Waals surface area contributed by atoms with Crippen LogP contribution in [0, 0.1) is 0 Å². The fourth-order valence-electron chi connectivity index (χ4n) is 2.84. The van der Waals surface area contributed by atoms with Crippen molar-refractivity contribution in [2.45, 2.75) is 25.9 Å². The first-order chi connectivity index (χ1) is 10.7. The minimum atomic E-state index is -0.587. The van der Waals surface area contributed by atoms with E-state index in [1.54, 1.807) is 0 Å². The Morgan fingerprint density at radius 3 is 2.41 bits per heavy atom. The molecule has 1 amide bonds. The monoisotopic (exact) mass is 296 g/mol. The number of carbonyl (C=O) groups excluding carboxylic acids is 1. The molecule has 0 bridgehead atoms. The molecule has 2 aromatic rings. The molecule has 2 aromatic carbocycles. The maximum atomic E-state index is 12.4. The molecule has 1 aliphatic heterocycles. The van der Waals surface area contributed by atoms with Gasteiger partial charge in [0.15, 0.2) is 0 Å². The number of nitrogens with one attached hydrogen (secondary N) is 2. The fraction of sp³-hybridized carbons (Fsp3) is 0.278. The van der Waals surface area contributed by atoms with Gasteiger partial charge >= 0.3 is 0 Å². The number of anilines is 1. The molecule has 0 aliphatic carbocycles. The van der Waals surface area contributed by atoms with Crippen LogP contribution in [0.3, 0.4) is 0 Å². The molecule has 0 saturated carbocycles. The highest BCUT2D eigenvalue weighted by Gasteiger charge is 2.37. The summed E-state index contributed by atoms with van der Waals surface area (Å²) in [6.45, 7) is 4.65. The third-order valence-electron chi connectivity index (χ3n) is 4.04. The van der Waals surface area contributed by atoms with Gasteiger partial charge in [-0.05, 0) is 43.2 Å². The Labute approximate surface area is 130 Å². The molecule has 0 fully saturated rings. The number of benzene rings is 2. The van der Waals surface area contributed by atoms with Crippen molar-refractivity contribution in [2.75, 3.05) is 11.9 Å². The Balaban J connectivity index is 1.98. The second kappa shape index (κ2) is 5.72. The number of amides is 1. The van der Waals surface area contributed by atoms with Crippen LogP contribution in [0.5, 0.6) is 5.75 Å². The van der Waals surface area contributed by atoms with Crippen LogP contribution >= 0.6 is 0 Å². The summed E-state index contributed by atoms with van der Waals surface area (Å²) in [6, 6.07) is 15.4. The van der Waals surface area contributed by atoms with Crippen molar-refractivity contribution in [3.8, 4) is 5.75 Å². The number of ether oxygens (including phenoxy) is 1. The summed E-state index contributed by atoms with van der Waals surface area (Å²) in [5, 5.41) is 6.60. The fourth-order valence-corrected chi connectivity index (χ4v) is 2.84. The zero-order chi connectivity index (χ0) is 15.6. The lowest BCUT2D eigenvalue weighted by atomic mass is 9.92. The summed E-state index contributed by atoms with van der Waals surface area (Å²) >= 11 is 0. The van der Waals surface area contributed by atoms with Crippen LogP contribution in [-0.2, 0) is 5.66 Å². The molecule has 114 valence electrons. The standard InChI is InChI=1S/C18H20N2O2/c1-3-18(13-9-11-14(12-10-13)22-4-2)19-16-8-6-5-7-15(16)17(21)20-18/h5-12,19H,3-4H2,1-2H3,(H,20,21). The number of hydrogen-bond acceptors (Lipinski definition) is 3. The molecule has 22 heavy (non-hydrogen) atoms. The molecule has 4 heteroatoms. The summed E-state index contributed by atoms with van der Waals surface area (Å²) in [7, 11) is 0. The highest BCUT2D eigenvalue weighted by Crippen LogP contribution is 2.34. The highest BCUT2D eigenvalue weighted by atomic mass is 16.5. The van der Waals surface area contributed by atoms with E-state index in [1.807, 2.05) is 55.5 Å². The Morgan fingerprint density at radius 2 is 1.73 bits per heavy atom. The van der Waals surface area contributed by atoms with Gasteiger partial charge in [0.1, 0.15) is 11.4 Å². The van der Waals surface area contributed by atoms with E-state index in [2.05, 4.69) is 17.6 Å². The largest absolute Gasteiger partial charge is 0.494 e. The molecule has 1 heterocycles. The van der Waals surface area contributed by atoms with E-state index < -0.39 is 5.66 Å². The zero-order valence-electron chi connectivity index (χ0n) is 12.8. The van der Waals surface area contributed by atoms with E-state index >= 15 is 0 Å². The van der Waals surface area contributed by atoms with Gasteiger partial charge in [0, 0.05) is 5.69 Å². The van der Waals surface area contributed by atoms with Gasteiger partial charge in [0.25, 0.3) is 5.91 Å². The van der Waals surface area contributed by atoms with Crippen LogP contribution in [0.25, 0.3) is 0 Å². The van der Waals surface area contributed by atoms with Crippen molar-refractivity contribution in [1.82, 2.24) is 5.32 Å². The number of rotatable bonds is 4. The summed E-state index contributed by atoms with van der Waals surface area (Å²) in [6.07, 6.45) is 0.737. The van der Waals surface area contributed by atoms with Crippen molar-refractivity contribution in [3.63, 3.8) is 0 Å². The van der Waals surface area contributed by atoms with Crippen molar-refractivity contribution in [3.05, 3.63) is 59.7 Å². The number of fused-ring (bicyclic) bond motifs is 1. The molecule has 0 aromatic heterocycles. The Bertz CT molecular complexity index is 682. The predicted octanol–water partition coefficient (Wildman–Crippen LogP) is 3.50.